The van der Waals surface area contributed by atoms with E-state index in [2.05, 4.69) is 41.7 Å². The van der Waals surface area contributed by atoms with Gasteiger partial charge < -0.3 is 10.6 Å². The van der Waals surface area contributed by atoms with Gasteiger partial charge in [-0.2, -0.15) is 0 Å². The summed E-state index contributed by atoms with van der Waals surface area (Å²) in [5.41, 5.74) is 7.77. The molecule has 2 N–H and O–H groups in total. The number of nitrogens with zero attached hydrogens (tertiary/aromatic N) is 1. The summed E-state index contributed by atoms with van der Waals surface area (Å²) in [7, 11) is 2.07. The zero-order valence-electron chi connectivity index (χ0n) is 9.83. The zero-order chi connectivity index (χ0) is 12.3. The molecule has 88 valence electrons. The summed E-state index contributed by atoms with van der Waals surface area (Å²) in [5.74, 6) is 0. The lowest BCUT2D eigenvalue weighted by atomic mass is 10.1. The first kappa shape index (κ1) is 13.5. The monoisotopic (exact) mass is 300 g/mol. The fourth-order valence-corrected chi connectivity index (χ4v) is 2.48. The largest absolute Gasteiger partial charge is 0.389 e. The quantitative estimate of drug-likeness (QED) is 0.865. The Kier molecular flexibility index (Phi) is 4.74. The van der Waals surface area contributed by atoms with Gasteiger partial charge >= 0.3 is 0 Å². The summed E-state index contributed by atoms with van der Waals surface area (Å²) < 4.78 is 0.952. The highest BCUT2D eigenvalue weighted by molar-refractivity contribution is 9.10. The number of hydrogen-bond donors (Lipinski definition) is 1. The topological polar surface area (TPSA) is 29.3 Å². The van der Waals surface area contributed by atoms with E-state index in [0.717, 1.165) is 22.1 Å². The maximum atomic E-state index is 5.77. The van der Waals surface area contributed by atoms with Crippen LogP contribution >= 0.6 is 28.1 Å². The SMILES string of the molecule is CCC(C)N(C)c1cccc(Br)c1C(N)=S. The van der Waals surface area contributed by atoms with Crippen LogP contribution in [-0.2, 0) is 0 Å². The fourth-order valence-electron chi connectivity index (χ4n) is 1.56. The molecule has 1 atom stereocenters. The Morgan fingerprint density at radius 2 is 2.19 bits per heavy atom. The molecule has 0 aliphatic rings. The first-order chi connectivity index (χ1) is 7.49. The van der Waals surface area contributed by atoms with Crippen LogP contribution in [0.1, 0.15) is 25.8 Å². The van der Waals surface area contributed by atoms with Crippen LogP contribution in [0.5, 0.6) is 0 Å². The molecule has 0 fully saturated rings. The Bertz CT molecular complexity index is 393. The molecule has 1 aromatic rings. The molecule has 2 nitrogen and oxygen atoms in total. The summed E-state index contributed by atoms with van der Waals surface area (Å²) in [4.78, 5) is 2.64. The molecule has 0 saturated heterocycles. The molecule has 0 radical (unpaired) electrons. The van der Waals surface area contributed by atoms with E-state index >= 15 is 0 Å². The molecule has 16 heavy (non-hydrogen) atoms. The minimum Gasteiger partial charge on any atom is -0.389 e. The molecule has 0 heterocycles. The molecule has 1 aromatic carbocycles. The first-order valence-corrected chi connectivity index (χ1v) is 6.50. The maximum absolute atomic E-state index is 5.77. The van der Waals surface area contributed by atoms with Crippen molar-refractivity contribution in [1.82, 2.24) is 0 Å². The second kappa shape index (κ2) is 5.64. The van der Waals surface area contributed by atoms with Gasteiger partial charge in [0.05, 0.1) is 0 Å². The summed E-state index contributed by atoms with van der Waals surface area (Å²) in [6.45, 7) is 4.35. The van der Waals surface area contributed by atoms with Crippen LogP contribution in [0.15, 0.2) is 22.7 Å². The third-order valence-corrected chi connectivity index (χ3v) is 3.73. The summed E-state index contributed by atoms with van der Waals surface area (Å²) in [6.07, 6.45) is 1.08. The minimum absolute atomic E-state index is 0.428. The van der Waals surface area contributed by atoms with E-state index in [-0.39, 0.29) is 0 Å². The third-order valence-electron chi connectivity index (χ3n) is 2.87. The Balaban J connectivity index is 3.22. The van der Waals surface area contributed by atoms with Crippen molar-refractivity contribution in [3.63, 3.8) is 0 Å². The van der Waals surface area contributed by atoms with Gasteiger partial charge in [0.2, 0.25) is 0 Å². The van der Waals surface area contributed by atoms with Crippen molar-refractivity contribution in [2.24, 2.45) is 5.73 Å². The predicted octanol–water partition coefficient (Wildman–Crippen LogP) is 3.32. The lowest BCUT2D eigenvalue weighted by Crippen LogP contribution is -2.30. The zero-order valence-corrected chi connectivity index (χ0v) is 12.2. The lowest BCUT2D eigenvalue weighted by Gasteiger charge is -2.28. The van der Waals surface area contributed by atoms with Crippen molar-refractivity contribution in [2.75, 3.05) is 11.9 Å². The van der Waals surface area contributed by atoms with E-state index in [0.29, 0.717) is 11.0 Å². The van der Waals surface area contributed by atoms with Crippen molar-refractivity contribution >= 4 is 38.8 Å². The summed E-state index contributed by atoms with van der Waals surface area (Å²) >= 11 is 8.59. The molecule has 1 rings (SSSR count). The number of benzene rings is 1. The Hall–Kier alpha value is -0.610. The number of nitrogens with two attached hydrogens (primary N) is 1. The molecule has 0 spiro atoms. The van der Waals surface area contributed by atoms with Crippen molar-refractivity contribution in [1.29, 1.82) is 0 Å². The van der Waals surface area contributed by atoms with Gasteiger partial charge in [-0.15, -0.1) is 0 Å². The molecular weight excluding hydrogens is 284 g/mol. The van der Waals surface area contributed by atoms with Gasteiger partial charge in [0, 0.05) is 28.8 Å². The molecule has 0 aliphatic heterocycles. The second-order valence-electron chi connectivity index (χ2n) is 3.87. The van der Waals surface area contributed by atoms with Gasteiger partial charge in [0.15, 0.2) is 0 Å². The number of halogens is 1. The Morgan fingerprint density at radius 3 is 2.69 bits per heavy atom. The molecule has 0 amide bonds. The highest BCUT2D eigenvalue weighted by Crippen LogP contribution is 2.28. The van der Waals surface area contributed by atoms with Gasteiger partial charge in [0.25, 0.3) is 0 Å². The lowest BCUT2D eigenvalue weighted by molar-refractivity contribution is 0.663. The molecule has 0 saturated carbocycles. The summed E-state index contributed by atoms with van der Waals surface area (Å²) in [5, 5.41) is 0. The number of thiocarbonyl (C=S) groups is 1. The van der Waals surface area contributed by atoms with Crippen molar-refractivity contribution in [3.8, 4) is 0 Å². The number of anilines is 1. The molecule has 1 unspecified atom stereocenters. The summed E-state index contributed by atoms with van der Waals surface area (Å²) in [6, 6.07) is 6.47. The molecule has 0 aromatic heterocycles. The highest BCUT2D eigenvalue weighted by Gasteiger charge is 2.15. The standard InChI is InChI=1S/C12H17BrN2S/c1-4-8(2)15(3)10-7-5-6-9(13)11(10)12(14)16/h5-8H,4H2,1-3H3,(H2,14,16). The van der Waals surface area contributed by atoms with Crippen molar-refractivity contribution in [2.45, 2.75) is 26.3 Å². The van der Waals surface area contributed by atoms with Crippen LogP contribution < -0.4 is 10.6 Å². The van der Waals surface area contributed by atoms with E-state index in [9.17, 15) is 0 Å². The van der Waals surface area contributed by atoms with Crippen LogP contribution in [0.25, 0.3) is 0 Å². The molecule has 4 heteroatoms. The first-order valence-electron chi connectivity index (χ1n) is 5.30. The van der Waals surface area contributed by atoms with Crippen LogP contribution in [0.4, 0.5) is 5.69 Å². The van der Waals surface area contributed by atoms with Crippen LogP contribution in [0.3, 0.4) is 0 Å². The van der Waals surface area contributed by atoms with E-state index in [1.165, 1.54) is 0 Å². The number of rotatable bonds is 4. The van der Waals surface area contributed by atoms with Gasteiger partial charge in [-0.05, 0) is 41.4 Å². The second-order valence-corrected chi connectivity index (χ2v) is 5.16. The van der Waals surface area contributed by atoms with Gasteiger partial charge in [-0.25, -0.2) is 0 Å². The molecule has 0 aliphatic carbocycles. The maximum Gasteiger partial charge on any atom is 0.107 e. The Morgan fingerprint density at radius 1 is 1.56 bits per heavy atom. The molecular formula is C12H17BrN2S. The van der Waals surface area contributed by atoms with Crippen molar-refractivity contribution in [3.05, 3.63) is 28.2 Å². The van der Waals surface area contributed by atoms with Crippen LogP contribution in [0, 0.1) is 0 Å². The molecule has 0 bridgehead atoms. The van der Waals surface area contributed by atoms with E-state index in [4.69, 9.17) is 18.0 Å². The third kappa shape index (κ3) is 2.74. The van der Waals surface area contributed by atoms with Gasteiger partial charge in [-0.3, -0.25) is 0 Å². The normalized spacial score (nSPS) is 12.2. The van der Waals surface area contributed by atoms with Crippen molar-refractivity contribution < 1.29 is 0 Å². The van der Waals surface area contributed by atoms with E-state index < -0.39 is 0 Å². The fraction of sp³-hybridized carbons (Fsp3) is 0.417. The average molecular weight is 301 g/mol. The highest BCUT2D eigenvalue weighted by atomic mass is 79.9. The van der Waals surface area contributed by atoms with E-state index in [1.807, 2.05) is 18.2 Å². The number of hydrogen-bond acceptors (Lipinski definition) is 2. The van der Waals surface area contributed by atoms with Crippen LogP contribution in [0.2, 0.25) is 0 Å². The van der Waals surface area contributed by atoms with Crippen LogP contribution in [-0.4, -0.2) is 18.1 Å². The minimum atomic E-state index is 0.428. The van der Waals surface area contributed by atoms with Gasteiger partial charge in [-0.1, -0.05) is 25.2 Å². The predicted molar refractivity (Wildman–Crippen MR) is 78.2 cm³/mol. The average Bonchev–Trinajstić information content (AvgIpc) is 2.26. The smallest absolute Gasteiger partial charge is 0.107 e. The van der Waals surface area contributed by atoms with Gasteiger partial charge in [0.1, 0.15) is 4.99 Å². The Labute approximate surface area is 111 Å². The van der Waals surface area contributed by atoms with E-state index in [1.54, 1.807) is 0 Å².